The zero-order valence-corrected chi connectivity index (χ0v) is 8.57. The highest BCUT2D eigenvalue weighted by molar-refractivity contribution is 5.14. The maximum Gasteiger partial charge on any atom is 0.113 e. The second-order valence-electron chi connectivity index (χ2n) is 3.00. The van der Waals surface area contributed by atoms with E-state index >= 15 is 0 Å². The standard InChI is InChI=1S/C13H16O/c1-3-8-13(4-2)14-11-12-9-6-5-7-10-12/h3,5-10H,1,4,11H2,2H3/b13-8+. The molecule has 1 nitrogen and oxygen atoms in total. The third-order valence-corrected chi connectivity index (χ3v) is 1.92. The van der Waals surface area contributed by atoms with Crippen LogP contribution in [-0.4, -0.2) is 0 Å². The van der Waals surface area contributed by atoms with Crippen LogP contribution in [0.2, 0.25) is 0 Å². The first-order valence-electron chi connectivity index (χ1n) is 4.85. The first-order chi connectivity index (χ1) is 6.86. The molecule has 0 aliphatic carbocycles. The van der Waals surface area contributed by atoms with Gasteiger partial charge in [0.15, 0.2) is 0 Å². The summed E-state index contributed by atoms with van der Waals surface area (Å²) >= 11 is 0. The van der Waals surface area contributed by atoms with Crippen molar-refractivity contribution in [1.82, 2.24) is 0 Å². The van der Waals surface area contributed by atoms with Crippen LogP contribution in [-0.2, 0) is 11.3 Å². The van der Waals surface area contributed by atoms with Gasteiger partial charge in [-0.15, -0.1) is 0 Å². The van der Waals surface area contributed by atoms with Crippen molar-refractivity contribution >= 4 is 0 Å². The highest BCUT2D eigenvalue weighted by Crippen LogP contribution is 2.08. The normalized spacial score (nSPS) is 11.1. The molecule has 0 N–H and O–H groups in total. The average Bonchev–Trinajstić information content (AvgIpc) is 2.25. The average molecular weight is 188 g/mol. The van der Waals surface area contributed by atoms with Crippen LogP contribution in [0.3, 0.4) is 0 Å². The SMILES string of the molecule is C=C/C=C(\CC)OCc1ccccc1. The van der Waals surface area contributed by atoms with Gasteiger partial charge in [-0.2, -0.15) is 0 Å². The van der Waals surface area contributed by atoms with Crippen LogP contribution in [0.5, 0.6) is 0 Å². The fourth-order valence-electron chi connectivity index (χ4n) is 1.15. The Morgan fingerprint density at radius 1 is 1.36 bits per heavy atom. The summed E-state index contributed by atoms with van der Waals surface area (Å²) in [7, 11) is 0. The van der Waals surface area contributed by atoms with Crippen molar-refractivity contribution in [1.29, 1.82) is 0 Å². The van der Waals surface area contributed by atoms with Gasteiger partial charge in [0.1, 0.15) is 6.61 Å². The fraction of sp³-hybridized carbons (Fsp3) is 0.231. The minimum Gasteiger partial charge on any atom is -0.493 e. The summed E-state index contributed by atoms with van der Waals surface area (Å²) in [5.41, 5.74) is 1.19. The molecule has 0 aliphatic heterocycles. The van der Waals surface area contributed by atoms with Crippen molar-refractivity contribution < 1.29 is 4.74 Å². The molecule has 0 unspecified atom stereocenters. The van der Waals surface area contributed by atoms with E-state index in [1.54, 1.807) is 6.08 Å². The van der Waals surface area contributed by atoms with Crippen molar-refractivity contribution in [2.75, 3.05) is 0 Å². The van der Waals surface area contributed by atoms with Crippen molar-refractivity contribution in [3.05, 3.63) is 60.4 Å². The predicted octanol–water partition coefficient (Wildman–Crippen LogP) is 3.68. The van der Waals surface area contributed by atoms with E-state index in [-0.39, 0.29) is 0 Å². The molecule has 0 bridgehead atoms. The Kier molecular flexibility index (Phi) is 4.56. The monoisotopic (exact) mass is 188 g/mol. The zero-order valence-electron chi connectivity index (χ0n) is 8.57. The first-order valence-corrected chi connectivity index (χ1v) is 4.85. The van der Waals surface area contributed by atoms with Crippen LogP contribution < -0.4 is 0 Å². The molecule has 0 saturated carbocycles. The van der Waals surface area contributed by atoms with Crippen LogP contribution in [0, 0.1) is 0 Å². The molecular formula is C13H16O. The molecule has 1 heteroatoms. The van der Waals surface area contributed by atoms with E-state index < -0.39 is 0 Å². The van der Waals surface area contributed by atoms with Crippen LogP contribution in [0.15, 0.2) is 54.8 Å². The van der Waals surface area contributed by atoms with Gasteiger partial charge in [-0.25, -0.2) is 0 Å². The Balaban J connectivity index is 2.47. The summed E-state index contributed by atoms with van der Waals surface area (Å²) in [6.45, 7) is 6.35. The van der Waals surface area contributed by atoms with Gasteiger partial charge in [0.05, 0.1) is 5.76 Å². The zero-order chi connectivity index (χ0) is 10.2. The van der Waals surface area contributed by atoms with Gasteiger partial charge < -0.3 is 4.74 Å². The van der Waals surface area contributed by atoms with Gasteiger partial charge in [0, 0.05) is 6.42 Å². The molecular weight excluding hydrogens is 172 g/mol. The lowest BCUT2D eigenvalue weighted by Gasteiger charge is -2.07. The summed E-state index contributed by atoms with van der Waals surface area (Å²) in [6.07, 6.45) is 4.56. The number of ether oxygens (including phenoxy) is 1. The molecule has 0 radical (unpaired) electrons. The Morgan fingerprint density at radius 2 is 2.07 bits per heavy atom. The fourth-order valence-corrected chi connectivity index (χ4v) is 1.15. The Labute approximate surface area is 85.7 Å². The van der Waals surface area contributed by atoms with E-state index in [9.17, 15) is 0 Å². The van der Waals surface area contributed by atoms with Crippen molar-refractivity contribution in [3.63, 3.8) is 0 Å². The third kappa shape index (κ3) is 3.48. The maximum atomic E-state index is 5.61. The van der Waals surface area contributed by atoms with Crippen molar-refractivity contribution in [2.45, 2.75) is 20.0 Å². The molecule has 14 heavy (non-hydrogen) atoms. The Bertz CT molecular complexity index is 298. The molecule has 0 saturated heterocycles. The number of benzene rings is 1. The van der Waals surface area contributed by atoms with E-state index in [0.717, 1.165) is 12.2 Å². The van der Waals surface area contributed by atoms with E-state index in [0.29, 0.717) is 6.61 Å². The van der Waals surface area contributed by atoms with Gasteiger partial charge in [0.2, 0.25) is 0 Å². The Hall–Kier alpha value is -1.50. The minimum absolute atomic E-state index is 0.633. The second-order valence-corrected chi connectivity index (χ2v) is 3.00. The van der Waals surface area contributed by atoms with Gasteiger partial charge in [-0.1, -0.05) is 49.9 Å². The Morgan fingerprint density at radius 3 is 2.64 bits per heavy atom. The number of rotatable bonds is 5. The topological polar surface area (TPSA) is 9.23 Å². The predicted molar refractivity (Wildman–Crippen MR) is 59.8 cm³/mol. The lowest BCUT2D eigenvalue weighted by atomic mass is 10.2. The summed E-state index contributed by atoms with van der Waals surface area (Å²) in [4.78, 5) is 0. The van der Waals surface area contributed by atoms with E-state index in [1.165, 1.54) is 5.56 Å². The summed E-state index contributed by atoms with van der Waals surface area (Å²) < 4.78 is 5.61. The highest BCUT2D eigenvalue weighted by atomic mass is 16.5. The number of hydrogen-bond donors (Lipinski definition) is 0. The number of hydrogen-bond acceptors (Lipinski definition) is 1. The maximum absolute atomic E-state index is 5.61. The van der Waals surface area contributed by atoms with Gasteiger partial charge >= 0.3 is 0 Å². The van der Waals surface area contributed by atoms with E-state index in [4.69, 9.17) is 4.74 Å². The lowest BCUT2D eigenvalue weighted by Crippen LogP contribution is -1.92. The number of allylic oxidation sites excluding steroid dienone is 3. The van der Waals surface area contributed by atoms with Gasteiger partial charge in [0.25, 0.3) is 0 Å². The molecule has 0 spiro atoms. The molecule has 0 atom stereocenters. The molecule has 0 fully saturated rings. The molecule has 74 valence electrons. The molecule has 0 aliphatic rings. The van der Waals surface area contributed by atoms with E-state index in [2.05, 4.69) is 25.6 Å². The smallest absolute Gasteiger partial charge is 0.113 e. The van der Waals surface area contributed by atoms with Gasteiger partial charge in [-0.3, -0.25) is 0 Å². The first kappa shape index (κ1) is 10.6. The molecule has 0 amide bonds. The minimum atomic E-state index is 0.633. The molecule has 0 aromatic heterocycles. The molecule has 1 aromatic carbocycles. The van der Waals surface area contributed by atoms with Crippen LogP contribution in [0.25, 0.3) is 0 Å². The molecule has 1 aromatic rings. The summed E-state index contributed by atoms with van der Waals surface area (Å²) in [5.74, 6) is 0.976. The molecule has 1 rings (SSSR count). The van der Waals surface area contributed by atoms with Crippen molar-refractivity contribution in [3.8, 4) is 0 Å². The summed E-state index contributed by atoms with van der Waals surface area (Å²) in [6, 6.07) is 10.1. The van der Waals surface area contributed by atoms with E-state index in [1.807, 2.05) is 24.3 Å². The van der Waals surface area contributed by atoms with Crippen LogP contribution >= 0.6 is 0 Å². The third-order valence-electron chi connectivity index (χ3n) is 1.92. The molecule has 0 heterocycles. The lowest BCUT2D eigenvalue weighted by molar-refractivity contribution is 0.191. The van der Waals surface area contributed by atoms with Crippen molar-refractivity contribution in [2.24, 2.45) is 0 Å². The van der Waals surface area contributed by atoms with Crippen LogP contribution in [0.1, 0.15) is 18.9 Å². The second kappa shape index (κ2) is 6.03. The highest BCUT2D eigenvalue weighted by Gasteiger charge is 1.94. The van der Waals surface area contributed by atoms with Crippen LogP contribution in [0.4, 0.5) is 0 Å². The largest absolute Gasteiger partial charge is 0.493 e. The quantitative estimate of drug-likeness (QED) is 0.506. The van der Waals surface area contributed by atoms with Gasteiger partial charge in [-0.05, 0) is 11.6 Å². The summed E-state index contributed by atoms with van der Waals surface area (Å²) in [5, 5.41) is 0.